The molecule has 3 heterocycles. The van der Waals surface area contributed by atoms with Crippen LogP contribution in [0.5, 0.6) is 0 Å². The van der Waals surface area contributed by atoms with E-state index in [0.29, 0.717) is 12.5 Å². The standard InChI is InChI=1S/C18H24N4O2S/c1-12(2)15-8-16(23)22(10-19-15)9-14-4-6-21(7-5-14)18(24)17-13(3)20-11-25-17/h8,10-12,14H,4-7,9H2,1-3H3. The Morgan fingerprint density at radius 2 is 2.04 bits per heavy atom. The average Bonchev–Trinajstić information content (AvgIpc) is 3.02. The van der Waals surface area contributed by atoms with Gasteiger partial charge in [-0.3, -0.25) is 14.2 Å². The number of hydrogen-bond donors (Lipinski definition) is 0. The van der Waals surface area contributed by atoms with Crippen LogP contribution in [0.1, 0.15) is 53.7 Å². The van der Waals surface area contributed by atoms with Crippen LogP contribution in [0.3, 0.4) is 0 Å². The molecule has 0 aromatic carbocycles. The number of hydrogen-bond acceptors (Lipinski definition) is 5. The van der Waals surface area contributed by atoms with E-state index in [4.69, 9.17) is 0 Å². The van der Waals surface area contributed by atoms with Crippen LogP contribution >= 0.6 is 11.3 Å². The van der Waals surface area contributed by atoms with E-state index in [9.17, 15) is 9.59 Å². The molecule has 1 saturated heterocycles. The molecule has 134 valence electrons. The molecule has 0 bridgehead atoms. The number of rotatable bonds is 4. The molecule has 3 rings (SSSR count). The first-order chi connectivity index (χ1) is 12.0. The Morgan fingerprint density at radius 1 is 1.32 bits per heavy atom. The zero-order valence-corrected chi connectivity index (χ0v) is 15.8. The second kappa shape index (κ2) is 7.47. The summed E-state index contributed by atoms with van der Waals surface area (Å²) in [5.41, 5.74) is 3.37. The van der Waals surface area contributed by atoms with E-state index in [0.717, 1.165) is 42.2 Å². The number of carbonyl (C=O) groups excluding carboxylic acids is 1. The second-order valence-electron chi connectivity index (χ2n) is 6.96. The molecule has 1 fully saturated rings. The van der Waals surface area contributed by atoms with Crippen molar-refractivity contribution in [3.05, 3.63) is 44.5 Å². The molecule has 1 aliphatic heterocycles. The van der Waals surface area contributed by atoms with Crippen molar-refractivity contribution in [2.24, 2.45) is 5.92 Å². The molecule has 0 atom stereocenters. The van der Waals surface area contributed by atoms with Gasteiger partial charge in [-0.2, -0.15) is 0 Å². The average molecular weight is 360 g/mol. The van der Waals surface area contributed by atoms with Crippen LogP contribution in [0, 0.1) is 12.8 Å². The predicted molar refractivity (Wildman–Crippen MR) is 98.1 cm³/mol. The van der Waals surface area contributed by atoms with Gasteiger partial charge in [0.2, 0.25) is 0 Å². The molecule has 2 aromatic rings. The number of thiazole rings is 1. The maximum atomic E-state index is 12.5. The fourth-order valence-corrected chi connectivity index (χ4v) is 3.91. The Labute approximate surface area is 151 Å². The van der Waals surface area contributed by atoms with Crippen LogP contribution in [0.2, 0.25) is 0 Å². The van der Waals surface area contributed by atoms with Crippen LogP contribution < -0.4 is 5.56 Å². The second-order valence-corrected chi connectivity index (χ2v) is 7.82. The van der Waals surface area contributed by atoms with Crippen LogP contribution in [-0.2, 0) is 6.54 Å². The van der Waals surface area contributed by atoms with Crippen molar-refractivity contribution in [3.8, 4) is 0 Å². The molecule has 2 aromatic heterocycles. The molecule has 1 aliphatic rings. The number of amides is 1. The van der Waals surface area contributed by atoms with Gasteiger partial charge in [0.25, 0.3) is 11.5 Å². The zero-order chi connectivity index (χ0) is 18.0. The summed E-state index contributed by atoms with van der Waals surface area (Å²) < 4.78 is 1.70. The van der Waals surface area contributed by atoms with Crippen molar-refractivity contribution in [3.63, 3.8) is 0 Å². The number of nitrogens with zero attached hydrogens (tertiary/aromatic N) is 4. The van der Waals surface area contributed by atoms with Gasteiger partial charge in [0, 0.05) is 25.7 Å². The summed E-state index contributed by atoms with van der Waals surface area (Å²) in [5, 5.41) is 0. The maximum Gasteiger partial charge on any atom is 0.265 e. The summed E-state index contributed by atoms with van der Waals surface area (Å²) in [5.74, 6) is 0.737. The van der Waals surface area contributed by atoms with Crippen molar-refractivity contribution in [2.45, 2.75) is 46.1 Å². The molecule has 25 heavy (non-hydrogen) atoms. The molecule has 0 spiro atoms. The van der Waals surface area contributed by atoms with Crippen molar-refractivity contribution in [1.29, 1.82) is 0 Å². The highest BCUT2D eigenvalue weighted by molar-refractivity contribution is 7.11. The van der Waals surface area contributed by atoms with Gasteiger partial charge in [-0.25, -0.2) is 9.97 Å². The Balaban J connectivity index is 1.59. The third-order valence-corrected chi connectivity index (χ3v) is 5.71. The van der Waals surface area contributed by atoms with Gasteiger partial charge in [-0.1, -0.05) is 13.8 Å². The van der Waals surface area contributed by atoms with Crippen molar-refractivity contribution in [2.75, 3.05) is 13.1 Å². The summed E-state index contributed by atoms with van der Waals surface area (Å²) in [4.78, 5) is 36.0. The van der Waals surface area contributed by atoms with Crippen molar-refractivity contribution in [1.82, 2.24) is 19.4 Å². The summed E-state index contributed by atoms with van der Waals surface area (Å²) in [6, 6.07) is 1.63. The van der Waals surface area contributed by atoms with Crippen LogP contribution in [-0.4, -0.2) is 38.4 Å². The van der Waals surface area contributed by atoms with E-state index in [-0.39, 0.29) is 17.4 Å². The number of piperidine rings is 1. The predicted octanol–water partition coefficient (Wildman–Crippen LogP) is 2.68. The topological polar surface area (TPSA) is 68.1 Å². The first-order valence-electron chi connectivity index (χ1n) is 8.71. The number of aromatic nitrogens is 3. The Hall–Kier alpha value is -2.02. The highest BCUT2D eigenvalue weighted by Crippen LogP contribution is 2.22. The van der Waals surface area contributed by atoms with Crippen molar-refractivity contribution >= 4 is 17.2 Å². The molecule has 1 amide bonds. The highest BCUT2D eigenvalue weighted by Gasteiger charge is 2.26. The normalized spacial score (nSPS) is 15.8. The van der Waals surface area contributed by atoms with Gasteiger partial charge in [-0.15, -0.1) is 11.3 Å². The smallest absolute Gasteiger partial charge is 0.265 e. The lowest BCUT2D eigenvalue weighted by Crippen LogP contribution is -2.40. The minimum atomic E-state index is 0.0116. The molecule has 0 radical (unpaired) electrons. The van der Waals surface area contributed by atoms with E-state index in [2.05, 4.69) is 9.97 Å². The van der Waals surface area contributed by atoms with Gasteiger partial charge in [0.1, 0.15) is 4.88 Å². The molecule has 0 saturated carbocycles. The Morgan fingerprint density at radius 3 is 2.60 bits per heavy atom. The molecule has 0 N–H and O–H groups in total. The molecule has 0 unspecified atom stereocenters. The molecule has 7 heteroatoms. The first kappa shape index (κ1) is 17.8. The lowest BCUT2D eigenvalue weighted by Gasteiger charge is -2.32. The van der Waals surface area contributed by atoms with Gasteiger partial charge >= 0.3 is 0 Å². The van der Waals surface area contributed by atoms with E-state index in [1.807, 2.05) is 25.7 Å². The largest absolute Gasteiger partial charge is 0.338 e. The van der Waals surface area contributed by atoms with Gasteiger partial charge in [-0.05, 0) is 31.6 Å². The third kappa shape index (κ3) is 3.98. The molecular formula is C18H24N4O2S. The van der Waals surface area contributed by atoms with Crippen molar-refractivity contribution < 1.29 is 4.79 Å². The molecule has 0 aliphatic carbocycles. The van der Waals surface area contributed by atoms with Crippen LogP contribution in [0.4, 0.5) is 0 Å². The van der Waals surface area contributed by atoms with Crippen LogP contribution in [0.15, 0.2) is 22.7 Å². The monoisotopic (exact) mass is 360 g/mol. The van der Waals surface area contributed by atoms with Gasteiger partial charge in [0.15, 0.2) is 0 Å². The minimum Gasteiger partial charge on any atom is -0.338 e. The summed E-state index contributed by atoms with van der Waals surface area (Å²) in [6.45, 7) is 8.07. The Bertz CT molecular complexity index is 803. The maximum absolute atomic E-state index is 12.5. The van der Waals surface area contributed by atoms with Gasteiger partial charge < -0.3 is 4.90 Å². The van der Waals surface area contributed by atoms with Crippen LogP contribution in [0.25, 0.3) is 0 Å². The number of carbonyl (C=O) groups is 1. The number of aryl methyl sites for hydroxylation is 1. The lowest BCUT2D eigenvalue weighted by molar-refractivity contribution is 0.0686. The quantitative estimate of drug-likeness (QED) is 0.841. The fourth-order valence-electron chi connectivity index (χ4n) is 3.14. The lowest BCUT2D eigenvalue weighted by atomic mass is 9.96. The fraction of sp³-hybridized carbons (Fsp3) is 0.556. The van der Waals surface area contributed by atoms with E-state index >= 15 is 0 Å². The van der Waals surface area contributed by atoms with E-state index in [1.54, 1.807) is 22.5 Å². The highest BCUT2D eigenvalue weighted by atomic mass is 32.1. The zero-order valence-electron chi connectivity index (χ0n) is 14.9. The minimum absolute atomic E-state index is 0.0116. The summed E-state index contributed by atoms with van der Waals surface area (Å²) in [6.07, 6.45) is 3.47. The third-order valence-electron chi connectivity index (χ3n) is 4.79. The van der Waals surface area contributed by atoms with Gasteiger partial charge in [0.05, 0.1) is 23.2 Å². The van der Waals surface area contributed by atoms with E-state index in [1.165, 1.54) is 11.3 Å². The molecular weight excluding hydrogens is 336 g/mol. The number of likely N-dealkylation sites (tertiary alicyclic amines) is 1. The summed E-state index contributed by atoms with van der Waals surface area (Å²) in [7, 11) is 0. The first-order valence-corrected chi connectivity index (χ1v) is 9.59. The SMILES string of the molecule is Cc1ncsc1C(=O)N1CCC(Cn2cnc(C(C)C)cc2=O)CC1. The van der Waals surface area contributed by atoms with E-state index < -0.39 is 0 Å². The Kier molecular flexibility index (Phi) is 5.32. The molecule has 6 nitrogen and oxygen atoms in total. The summed E-state index contributed by atoms with van der Waals surface area (Å²) >= 11 is 1.40.